The first-order valence-electron chi connectivity index (χ1n) is 5.21. The molecule has 6 heteroatoms. The number of nitrogens with one attached hydrogen (secondary N) is 1. The SMILES string of the molecule is CC(=O)C(C)NS(=O)(=O)N1CCCCC1. The maximum absolute atomic E-state index is 11.8. The van der Waals surface area contributed by atoms with Gasteiger partial charge in [0.25, 0.3) is 10.2 Å². The number of ketones is 1. The molecule has 1 saturated heterocycles. The minimum atomic E-state index is -3.47. The Kier molecular flexibility index (Phi) is 4.24. The van der Waals surface area contributed by atoms with Gasteiger partial charge in [-0.05, 0) is 26.7 Å². The highest BCUT2D eigenvalue weighted by Crippen LogP contribution is 2.12. The van der Waals surface area contributed by atoms with Crippen molar-refractivity contribution in [2.75, 3.05) is 13.1 Å². The van der Waals surface area contributed by atoms with Crippen LogP contribution in [0.25, 0.3) is 0 Å². The van der Waals surface area contributed by atoms with Gasteiger partial charge in [-0.2, -0.15) is 17.4 Å². The highest BCUT2D eigenvalue weighted by molar-refractivity contribution is 7.87. The molecule has 15 heavy (non-hydrogen) atoms. The van der Waals surface area contributed by atoms with E-state index >= 15 is 0 Å². The Labute approximate surface area is 91.0 Å². The molecule has 0 saturated carbocycles. The highest BCUT2D eigenvalue weighted by atomic mass is 32.2. The third-order valence-corrected chi connectivity index (χ3v) is 4.29. The minimum Gasteiger partial charge on any atom is -0.298 e. The quantitative estimate of drug-likeness (QED) is 0.760. The van der Waals surface area contributed by atoms with Crippen LogP contribution in [-0.2, 0) is 15.0 Å². The summed E-state index contributed by atoms with van der Waals surface area (Å²) in [6.45, 7) is 4.05. The van der Waals surface area contributed by atoms with Crippen LogP contribution in [0.5, 0.6) is 0 Å². The maximum atomic E-state index is 11.8. The van der Waals surface area contributed by atoms with Gasteiger partial charge < -0.3 is 0 Å². The molecule has 0 bridgehead atoms. The van der Waals surface area contributed by atoms with E-state index in [0.29, 0.717) is 13.1 Å². The van der Waals surface area contributed by atoms with Crippen molar-refractivity contribution in [2.45, 2.75) is 39.2 Å². The number of rotatable bonds is 4. The van der Waals surface area contributed by atoms with Gasteiger partial charge in [-0.1, -0.05) is 6.42 Å². The Morgan fingerprint density at radius 2 is 1.80 bits per heavy atom. The summed E-state index contributed by atoms with van der Waals surface area (Å²) < 4.78 is 27.3. The summed E-state index contributed by atoms with van der Waals surface area (Å²) in [6.07, 6.45) is 2.87. The smallest absolute Gasteiger partial charge is 0.280 e. The first kappa shape index (κ1) is 12.6. The van der Waals surface area contributed by atoms with Crippen molar-refractivity contribution in [1.82, 2.24) is 9.03 Å². The van der Waals surface area contributed by atoms with Crippen LogP contribution < -0.4 is 4.72 Å². The lowest BCUT2D eigenvalue weighted by Crippen LogP contribution is -2.48. The first-order chi connectivity index (χ1) is 6.93. The fourth-order valence-corrected chi connectivity index (χ4v) is 2.99. The Hall–Kier alpha value is -0.460. The van der Waals surface area contributed by atoms with Gasteiger partial charge in [-0.25, -0.2) is 0 Å². The molecule has 0 aromatic carbocycles. The van der Waals surface area contributed by atoms with E-state index in [9.17, 15) is 13.2 Å². The molecule has 0 aliphatic carbocycles. The van der Waals surface area contributed by atoms with Gasteiger partial charge in [0.2, 0.25) is 0 Å². The lowest BCUT2D eigenvalue weighted by molar-refractivity contribution is -0.118. The summed E-state index contributed by atoms with van der Waals surface area (Å²) in [5, 5.41) is 0. The van der Waals surface area contributed by atoms with E-state index in [1.165, 1.54) is 11.2 Å². The Morgan fingerprint density at radius 3 is 2.27 bits per heavy atom. The number of carbonyl (C=O) groups is 1. The molecular formula is C9H18N2O3S. The van der Waals surface area contributed by atoms with Crippen LogP contribution in [0.1, 0.15) is 33.1 Å². The number of piperidine rings is 1. The molecule has 88 valence electrons. The number of nitrogens with zero attached hydrogens (tertiary/aromatic N) is 1. The average Bonchev–Trinajstić information content (AvgIpc) is 2.18. The summed E-state index contributed by atoms with van der Waals surface area (Å²) in [5.74, 6) is -0.171. The summed E-state index contributed by atoms with van der Waals surface area (Å²) in [5.41, 5.74) is 0. The molecule has 1 fully saturated rings. The van der Waals surface area contributed by atoms with Crippen molar-refractivity contribution in [2.24, 2.45) is 0 Å². The van der Waals surface area contributed by atoms with Gasteiger partial charge in [-0.3, -0.25) is 4.79 Å². The molecule has 1 heterocycles. The molecule has 0 amide bonds. The fraction of sp³-hybridized carbons (Fsp3) is 0.889. The van der Waals surface area contributed by atoms with Gasteiger partial charge >= 0.3 is 0 Å². The molecule has 1 rings (SSSR count). The van der Waals surface area contributed by atoms with Crippen molar-refractivity contribution in [3.63, 3.8) is 0 Å². The summed E-state index contributed by atoms with van der Waals surface area (Å²) in [6, 6.07) is -0.642. The number of hydrogen-bond donors (Lipinski definition) is 1. The molecule has 1 N–H and O–H groups in total. The lowest BCUT2D eigenvalue weighted by atomic mass is 10.2. The van der Waals surface area contributed by atoms with Crippen molar-refractivity contribution in [3.8, 4) is 0 Å². The normalized spacial score (nSPS) is 21.2. The lowest BCUT2D eigenvalue weighted by Gasteiger charge is -2.27. The van der Waals surface area contributed by atoms with Crippen LogP contribution in [0.4, 0.5) is 0 Å². The zero-order chi connectivity index (χ0) is 11.5. The van der Waals surface area contributed by atoms with E-state index in [1.807, 2.05) is 0 Å². The molecule has 1 atom stereocenters. The fourth-order valence-electron chi connectivity index (χ4n) is 1.49. The third kappa shape index (κ3) is 3.55. The molecule has 0 aromatic heterocycles. The van der Waals surface area contributed by atoms with Gasteiger partial charge in [0, 0.05) is 13.1 Å². The molecule has 1 aliphatic rings. The van der Waals surface area contributed by atoms with Crippen molar-refractivity contribution in [3.05, 3.63) is 0 Å². The van der Waals surface area contributed by atoms with Crippen LogP contribution in [0.3, 0.4) is 0 Å². The van der Waals surface area contributed by atoms with Crippen molar-refractivity contribution >= 4 is 16.0 Å². The predicted molar refractivity (Wildman–Crippen MR) is 57.6 cm³/mol. The second kappa shape index (κ2) is 5.05. The standard InChI is InChI=1S/C9H18N2O3S/c1-8(9(2)12)10-15(13,14)11-6-4-3-5-7-11/h8,10H,3-7H2,1-2H3. The second-order valence-electron chi connectivity index (χ2n) is 3.91. The van der Waals surface area contributed by atoms with E-state index < -0.39 is 16.3 Å². The summed E-state index contributed by atoms with van der Waals surface area (Å²) in [4.78, 5) is 11.0. The Bertz CT molecular complexity index is 320. The first-order valence-corrected chi connectivity index (χ1v) is 6.65. The van der Waals surface area contributed by atoms with E-state index in [2.05, 4.69) is 4.72 Å². The molecule has 0 aromatic rings. The maximum Gasteiger partial charge on any atom is 0.280 e. The minimum absolute atomic E-state index is 0.171. The van der Waals surface area contributed by atoms with Crippen LogP contribution in [-0.4, -0.2) is 37.6 Å². The zero-order valence-corrected chi connectivity index (χ0v) is 10.0. The monoisotopic (exact) mass is 234 g/mol. The van der Waals surface area contributed by atoms with Gasteiger partial charge in [0.1, 0.15) is 5.78 Å². The summed E-state index contributed by atoms with van der Waals surface area (Å²) in [7, 11) is -3.47. The predicted octanol–water partition coefficient (Wildman–Crippen LogP) is 0.284. The number of hydrogen-bond acceptors (Lipinski definition) is 3. The van der Waals surface area contributed by atoms with E-state index in [4.69, 9.17) is 0 Å². The molecule has 0 radical (unpaired) electrons. The van der Waals surface area contributed by atoms with Crippen molar-refractivity contribution < 1.29 is 13.2 Å². The van der Waals surface area contributed by atoms with E-state index in [1.54, 1.807) is 6.92 Å². The van der Waals surface area contributed by atoms with E-state index in [-0.39, 0.29) is 5.78 Å². The molecular weight excluding hydrogens is 216 g/mol. The Morgan fingerprint density at radius 1 is 1.27 bits per heavy atom. The van der Waals surface area contributed by atoms with Crippen LogP contribution in [0.15, 0.2) is 0 Å². The molecule has 1 aliphatic heterocycles. The van der Waals surface area contributed by atoms with Crippen LogP contribution >= 0.6 is 0 Å². The van der Waals surface area contributed by atoms with Gasteiger partial charge in [0.05, 0.1) is 6.04 Å². The largest absolute Gasteiger partial charge is 0.298 e. The Balaban J connectivity index is 2.61. The molecule has 1 unspecified atom stereocenters. The topological polar surface area (TPSA) is 66.5 Å². The molecule has 0 spiro atoms. The number of Topliss-reactive ketones (excluding diaryl/α,β-unsaturated/α-hetero) is 1. The van der Waals surface area contributed by atoms with Gasteiger partial charge in [-0.15, -0.1) is 0 Å². The van der Waals surface area contributed by atoms with Crippen molar-refractivity contribution in [1.29, 1.82) is 0 Å². The molecule has 5 nitrogen and oxygen atoms in total. The van der Waals surface area contributed by atoms with Crippen LogP contribution in [0, 0.1) is 0 Å². The third-order valence-electron chi connectivity index (χ3n) is 2.59. The second-order valence-corrected chi connectivity index (χ2v) is 5.62. The summed E-state index contributed by atoms with van der Waals surface area (Å²) >= 11 is 0. The number of carbonyl (C=O) groups excluding carboxylic acids is 1. The van der Waals surface area contributed by atoms with E-state index in [0.717, 1.165) is 19.3 Å². The average molecular weight is 234 g/mol. The highest BCUT2D eigenvalue weighted by Gasteiger charge is 2.26. The zero-order valence-electron chi connectivity index (χ0n) is 9.19. The van der Waals surface area contributed by atoms with Crippen LogP contribution in [0.2, 0.25) is 0 Å². The van der Waals surface area contributed by atoms with Gasteiger partial charge in [0.15, 0.2) is 0 Å².